The van der Waals surface area contributed by atoms with Crippen molar-refractivity contribution in [3.63, 3.8) is 0 Å². The van der Waals surface area contributed by atoms with E-state index in [1.54, 1.807) is 0 Å². The third kappa shape index (κ3) is 3.67. The maximum atomic E-state index is 11.7. The highest BCUT2D eigenvalue weighted by atomic mass is 16.5. The lowest BCUT2D eigenvalue weighted by molar-refractivity contribution is -0.153. The van der Waals surface area contributed by atoms with E-state index in [9.17, 15) is 9.59 Å². The standard InChI is InChI=1S/C18H22O4/c19-17(15-3-1-4-15)21-11-13-7-9-14(10-8-13)12-22-18(20)16-5-2-6-16/h7-10,15-16H,1-6,11-12H2. The second kappa shape index (κ2) is 6.95. The van der Waals surface area contributed by atoms with Crippen LogP contribution in [0.2, 0.25) is 0 Å². The van der Waals surface area contributed by atoms with Gasteiger partial charge in [0.25, 0.3) is 0 Å². The van der Waals surface area contributed by atoms with E-state index >= 15 is 0 Å². The Kier molecular flexibility index (Phi) is 4.76. The number of hydrogen-bond donors (Lipinski definition) is 0. The Morgan fingerprint density at radius 1 is 0.773 bits per heavy atom. The minimum atomic E-state index is -0.0789. The molecule has 2 aliphatic rings. The van der Waals surface area contributed by atoms with Gasteiger partial charge in [0, 0.05) is 0 Å². The summed E-state index contributed by atoms with van der Waals surface area (Å²) in [7, 11) is 0. The molecule has 2 saturated carbocycles. The van der Waals surface area contributed by atoms with Gasteiger partial charge in [-0.2, -0.15) is 0 Å². The fraction of sp³-hybridized carbons (Fsp3) is 0.556. The lowest BCUT2D eigenvalue weighted by Gasteiger charge is -2.23. The summed E-state index contributed by atoms with van der Waals surface area (Å²) in [6.07, 6.45) is 6.12. The van der Waals surface area contributed by atoms with E-state index in [1.165, 1.54) is 0 Å². The van der Waals surface area contributed by atoms with Crippen molar-refractivity contribution in [2.24, 2.45) is 11.8 Å². The first-order chi connectivity index (χ1) is 10.7. The SMILES string of the molecule is O=C(OCc1ccc(COC(=O)C2CCC2)cc1)C1CCC1. The van der Waals surface area contributed by atoms with Gasteiger partial charge in [-0.25, -0.2) is 0 Å². The first-order valence-corrected chi connectivity index (χ1v) is 8.13. The van der Waals surface area contributed by atoms with Gasteiger partial charge in [0.05, 0.1) is 11.8 Å². The van der Waals surface area contributed by atoms with Gasteiger partial charge in [-0.3, -0.25) is 9.59 Å². The first-order valence-electron chi connectivity index (χ1n) is 8.13. The second-order valence-electron chi connectivity index (χ2n) is 6.29. The van der Waals surface area contributed by atoms with Gasteiger partial charge in [-0.15, -0.1) is 0 Å². The number of carbonyl (C=O) groups is 2. The van der Waals surface area contributed by atoms with Gasteiger partial charge < -0.3 is 9.47 Å². The van der Waals surface area contributed by atoms with E-state index < -0.39 is 0 Å². The summed E-state index contributed by atoms with van der Waals surface area (Å²) >= 11 is 0. The van der Waals surface area contributed by atoms with Crippen LogP contribution in [0.15, 0.2) is 24.3 Å². The molecule has 0 heterocycles. The Balaban J connectivity index is 1.41. The quantitative estimate of drug-likeness (QED) is 0.756. The largest absolute Gasteiger partial charge is 0.461 e. The van der Waals surface area contributed by atoms with Crippen LogP contribution in [0.5, 0.6) is 0 Å². The summed E-state index contributed by atoms with van der Waals surface area (Å²) in [4.78, 5) is 23.3. The molecule has 2 aliphatic carbocycles. The molecule has 3 rings (SSSR count). The molecule has 0 amide bonds. The van der Waals surface area contributed by atoms with Crippen molar-refractivity contribution in [3.8, 4) is 0 Å². The Bertz CT molecular complexity index is 478. The molecule has 0 unspecified atom stereocenters. The van der Waals surface area contributed by atoms with Crippen LogP contribution in [-0.2, 0) is 32.3 Å². The Morgan fingerprint density at radius 3 is 1.41 bits per heavy atom. The van der Waals surface area contributed by atoms with Gasteiger partial charge in [0.15, 0.2) is 0 Å². The number of hydrogen-bond acceptors (Lipinski definition) is 4. The summed E-state index contributed by atoms with van der Waals surface area (Å²) in [6.45, 7) is 0.634. The van der Waals surface area contributed by atoms with E-state index in [4.69, 9.17) is 9.47 Å². The molecule has 0 spiro atoms. The Labute approximate surface area is 130 Å². The number of carbonyl (C=O) groups excluding carboxylic acids is 2. The fourth-order valence-electron chi connectivity index (χ4n) is 2.56. The van der Waals surface area contributed by atoms with E-state index in [1.807, 2.05) is 24.3 Å². The fourth-order valence-corrected chi connectivity index (χ4v) is 2.56. The molecular formula is C18H22O4. The minimum absolute atomic E-state index is 0.0789. The molecule has 118 valence electrons. The molecular weight excluding hydrogens is 280 g/mol. The second-order valence-corrected chi connectivity index (χ2v) is 6.29. The average molecular weight is 302 g/mol. The molecule has 0 bridgehead atoms. The van der Waals surface area contributed by atoms with Crippen molar-refractivity contribution in [1.29, 1.82) is 0 Å². The monoisotopic (exact) mass is 302 g/mol. The Morgan fingerprint density at radius 2 is 1.14 bits per heavy atom. The molecule has 4 nitrogen and oxygen atoms in total. The molecule has 22 heavy (non-hydrogen) atoms. The maximum Gasteiger partial charge on any atom is 0.309 e. The normalized spacial score (nSPS) is 18.2. The lowest BCUT2D eigenvalue weighted by Crippen LogP contribution is -2.24. The predicted molar refractivity (Wildman–Crippen MR) is 80.7 cm³/mol. The zero-order chi connectivity index (χ0) is 15.4. The lowest BCUT2D eigenvalue weighted by atomic mass is 9.86. The van der Waals surface area contributed by atoms with E-state index in [2.05, 4.69) is 0 Å². The highest BCUT2D eigenvalue weighted by Crippen LogP contribution is 2.28. The summed E-state index contributed by atoms with van der Waals surface area (Å²) < 4.78 is 10.6. The molecule has 0 aromatic heterocycles. The average Bonchev–Trinajstić information content (AvgIpc) is 2.40. The summed E-state index contributed by atoms with van der Waals surface area (Å²) in [5.41, 5.74) is 1.92. The summed E-state index contributed by atoms with van der Waals surface area (Å²) in [5, 5.41) is 0. The molecule has 1 aromatic carbocycles. The van der Waals surface area contributed by atoms with Gasteiger partial charge in [-0.05, 0) is 36.8 Å². The van der Waals surface area contributed by atoms with E-state index in [0.717, 1.165) is 49.7 Å². The van der Waals surface area contributed by atoms with Crippen molar-refractivity contribution >= 4 is 11.9 Å². The predicted octanol–water partition coefficient (Wildman–Crippen LogP) is 3.37. The highest BCUT2D eigenvalue weighted by Gasteiger charge is 2.27. The number of ether oxygens (including phenoxy) is 2. The van der Waals surface area contributed by atoms with Crippen molar-refractivity contribution in [1.82, 2.24) is 0 Å². The van der Waals surface area contributed by atoms with Crippen molar-refractivity contribution in [2.45, 2.75) is 51.7 Å². The summed E-state index contributed by atoms with van der Waals surface area (Å²) in [5.74, 6) is 0.0740. The van der Waals surface area contributed by atoms with Crippen molar-refractivity contribution < 1.29 is 19.1 Å². The van der Waals surface area contributed by atoms with Crippen LogP contribution in [0.25, 0.3) is 0 Å². The minimum Gasteiger partial charge on any atom is -0.461 e. The first kappa shape index (κ1) is 15.1. The molecule has 0 N–H and O–H groups in total. The zero-order valence-electron chi connectivity index (χ0n) is 12.8. The van der Waals surface area contributed by atoms with Gasteiger partial charge in [0.1, 0.15) is 13.2 Å². The Hall–Kier alpha value is -1.84. The zero-order valence-corrected chi connectivity index (χ0v) is 12.8. The topological polar surface area (TPSA) is 52.6 Å². The van der Waals surface area contributed by atoms with Crippen LogP contribution in [0, 0.1) is 11.8 Å². The molecule has 2 fully saturated rings. The van der Waals surface area contributed by atoms with Gasteiger partial charge in [-0.1, -0.05) is 37.1 Å². The van der Waals surface area contributed by atoms with Crippen LogP contribution < -0.4 is 0 Å². The number of rotatable bonds is 6. The van der Waals surface area contributed by atoms with Crippen LogP contribution in [0.3, 0.4) is 0 Å². The van der Waals surface area contributed by atoms with Crippen LogP contribution >= 0.6 is 0 Å². The van der Waals surface area contributed by atoms with Crippen molar-refractivity contribution in [2.75, 3.05) is 0 Å². The molecule has 4 heteroatoms. The van der Waals surface area contributed by atoms with Crippen LogP contribution in [0.4, 0.5) is 0 Å². The van der Waals surface area contributed by atoms with Crippen molar-refractivity contribution in [3.05, 3.63) is 35.4 Å². The summed E-state index contributed by atoms with van der Waals surface area (Å²) in [6, 6.07) is 7.67. The number of esters is 2. The molecule has 0 aliphatic heterocycles. The molecule has 0 atom stereocenters. The van der Waals surface area contributed by atoms with Gasteiger partial charge >= 0.3 is 11.9 Å². The molecule has 1 aromatic rings. The molecule has 0 radical (unpaired) electrons. The molecule has 0 saturated heterocycles. The van der Waals surface area contributed by atoms with E-state index in [0.29, 0.717) is 13.2 Å². The van der Waals surface area contributed by atoms with Crippen LogP contribution in [0.1, 0.15) is 49.7 Å². The van der Waals surface area contributed by atoms with Gasteiger partial charge in [0.2, 0.25) is 0 Å². The number of benzene rings is 1. The smallest absolute Gasteiger partial charge is 0.309 e. The highest BCUT2D eigenvalue weighted by molar-refractivity contribution is 5.73. The maximum absolute atomic E-state index is 11.7. The third-order valence-corrected chi connectivity index (χ3v) is 4.66. The van der Waals surface area contributed by atoms with E-state index in [-0.39, 0.29) is 23.8 Å². The van der Waals surface area contributed by atoms with Crippen LogP contribution in [-0.4, -0.2) is 11.9 Å². The third-order valence-electron chi connectivity index (χ3n) is 4.66.